The number of hydrogen-bond donors (Lipinski definition) is 1. The number of aryl methyl sites for hydroxylation is 1. The first-order valence-electron chi connectivity index (χ1n) is 7.90. The molecule has 3 nitrogen and oxygen atoms in total. The molecule has 2 aromatic rings. The van der Waals surface area contributed by atoms with Gasteiger partial charge >= 0.3 is 12.4 Å². The van der Waals surface area contributed by atoms with E-state index >= 15 is 0 Å². The van der Waals surface area contributed by atoms with Crippen molar-refractivity contribution >= 4 is 16.6 Å². The van der Waals surface area contributed by atoms with Crippen LogP contribution in [0.25, 0.3) is 10.9 Å². The Morgan fingerprint density at radius 1 is 1.15 bits per heavy atom. The van der Waals surface area contributed by atoms with Crippen LogP contribution in [0.3, 0.4) is 0 Å². The van der Waals surface area contributed by atoms with Crippen molar-refractivity contribution in [2.45, 2.75) is 44.6 Å². The number of rotatable bonds is 1. The summed E-state index contributed by atoms with van der Waals surface area (Å²) in [6, 6.07) is 3.03. The maximum atomic E-state index is 13.4. The van der Waals surface area contributed by atoms with Gasteiger partial charge in [-0.05, 0) is 44.4 Å². The molecule has 9 heteroatoms. The Kier molecular flexibility index (Phi) is 4.04. The van der Waals surface area contributed by atoms with Gasteiger partial charge in [0.05, 0.1) is 5.56 Å². The SMILES string of the molecule is CC1(C)CCc2c(ccc3[nH]c(=O)cc(C(F)(F)F)c23)N1CC(F)(F)F. The number of nitrogens with zero attached hydrogens (tertiary/aromatic N) is 1. The smallest absolute Gasteiger partial charge is 0.357 e. The number of aromatic nitrogens is 1. The van der Waals surface area contributed by atoms with Crippen LogP contribution in [-0.4, -0.2) is 23.2 Å². The van der Waals surface area contributed by atoms with Crippen LogP contribution in [-0.2, 0) is 12.6 Å². The van der Waals surface area contributed by atoms with E-state index in [1.54, 1.807) is 13.8 Å². The largest absolute Gasteiger partial charge is 0.417 e. The number of pyridine rings is 1. The lowest BCUT2D eigenvalue weighted by atomic mass is 9.84. The summed E-state index contributed by atoms with van der Waals surface area (Å²) in [6.45, 7) is 2.00. The molecule has 0 unspecified atom stereocenters. The molecule has 1 aliphatic heterocycles. The number of alkyl halides is 6. The van der Waals surface area contributed by atoms with Crippen LogP contribution in [0.5, 0.6) is 0 Å². The van der Waals surface area contributed by atoms with Crippen LogP contribution in [0.2, 0.25) is 0 Å². The van der Waals surface area contributed by atoms with Crippen molar-refractivity contribution in [2.24, 2.45) is 0 Å². The van der Waals surface area contributed by atoms with Crippen molar-refractivity contribution in [3.63, 3.8) is 0 Å². The average molecular weight is 378 g/mol. The van der Waals surface area contributed by atoms with Gasteiger partial charge in [0.25, 0.3) is 0 Å². The molecule has 1 aromatic heterocycles. The molecule has 0 fully saturated rings. The van der Waals surface area contributed by atoms with Crippen molar-refractivity contribution in [1.82, 2.24) is 4.98 Å². The fraction of sp³-hybridized carbons (Fsp3) is 0.471. The third-order valence-electron chi connectivity index (χ3n) is 4.74. The Balaban J connectivity index is 2.32. The maximum Gasteiger partial charge on any atom is 0.417 e. The standard InChI is InChI=1S/C17H16F6N2O/c1-15(2)6-5-9-12(25(15)8-16(18,19)20)4-3-11-14(9)10(17(21,22)23)7-13(26)24-11/h3-4,7H,5-6,8H2,1-2H3,(H,24,26). The van der Waals surface area contributed by atoms with Crippen LogP contribution in [0.15, 0.2) is 23.0 Å². The Morgan fingerprint density at radius 3 is 2.38 bits per heavy atom. The summed E-state index contributed by atoms with van der Waals surface area (Å²) < 4.78 is 79.5. The summed E-state index contributed by atoms with van der Waals surface area (Å²) >= 11 is 0. The lowest BCUT2D eigenvalue weighted by Crippen LogP contribution is -2.51. The van der Waals surface area contributed by atoms with Gasteiger partial charge in [-0.2, -0.15) is 26.3 Å². The molecule has 0 saturated carbocycles. The van der Waals surface area contributed by atoms with Gasteiger partial charge in [0.2, 0.25) is 5.56 Å². The van der Waals surface area contributed by atoms with Gasteiger partial charge in [0.1, 0.15) is 6.54 Å². The summed E-state index contributed by atoms with van der Waals surface area (Å²) in [5.74, 6) is 0. The first kappa shape index (κ1) is 18.6. The molecule has 0 spiro atoms. The number of halogens is 6. The Morgan fingerprint density at radius 2 is 1.81 bits per heavy atom. The van der Waals surface area contributed by atoms with E-state index in [1.165, 1.54) is 12.1 Å². The first-order valence-corrected chi connectivity index (χ1v) is 7.90. The van der Waals surface area contributed by atoms with E-state index in [0.29, 0.717) is 6.07 Å². The molecular formula is C17H16F6N2O. The highest BCUT2D eigenvalue weighted by Crippen LogP contribution is 2.44. The van der Waals surface area contributed by atoms with Crippen LogP contribution >= 0.6 is 0 Å². The van der Waals surface area contributed by atoms with Gasteiger partial charge < -0.3 is 9.88 Å². The van der Waals surface area contributed by atoms with Gasteiger partial charge in [-0.3, -0.25) is 4.79 Å². The highest BCUT2D eigenvalue weighted by atomic mass is 19.4. The summed E-state index contributed by atoms with van der Waals surface area (Å²) in [6.07, 6.45) is -8.85. The number of aromatic amines is 1. The second kappa shape index (κ2) is 5.65. The second-order valence-corrected chi connectivity index (χ2v) is 7.04. The zero-order valence-corrected chi connectivity index (χ0v) is 14.0. The van der Waals surface area contributed by atoms with Crippen LogP contribution in [0.1, 0.15) is 31.4 Å². The number of H-pyrrole nitrogens is 1. The van der Waals surface area contributed by atoms with Gasteiger partial charge in [0.15, 0.2) is 0 Å². The highest BCUT2D eigenvalue weighted by molar-refractivity contribution is 5.91. The van der Waals surface area contributed by atoms with Crippen LogP contribution in [0, 0.1) is 0 Å². The molecule has 2 heterocycles. The third kappa shape index (κ3) is 3.26. The molecule has 142 valence electrons. The molecule has 26 heavy (non-hydrogen) atoms. The summed E-state index contributed by atoms with van der Waals surface area (Å²) in [4.78, 5) is 15.0. The third-order valence-corrected chi connectivity index (χ3v) is 4.74. The molecule has 0 saturated heterocycles. The zero-order chi connectivity index (χ0) is 19.5. The minimum Gasteiger partial charge on any atom is -0.357 e. The molecule has 0 bridgehead atoms. The Bertz CT molecular complexity index is 910. The fourth-order valence-electron chi connectivity index (χ4n) is 3.52. The molecule has 0 radical (unpaired) electrons. The summed E-state index contributed by atoms with van der Waals surface area (Å²) in [7, 11) is 0. The molecule has 0 aliphatic carbocycles. The summed E-state index contributed by atoms with van der Waals surface area (Å²) in [5, 5.41) is -0.239. The molecular weight excluding hydrogens is 362 g/mol. The van der Waals surface area contributed by atoms with Crippen molar-refractivity contribution in [3.8, 4) is 0 Å². The van der Waals surface area contributed by atoms with Crippen molar-refractivity contribution in [1.29, 1.82) is 0 Å². The second-order valence-electron chi connectivity index (χ2n) is 7.04. The predicted molar refractivity (Wildman–Crippen MR) is 85.4 cm³/mol. The highest BCUT2D eigenvalue weighted by Gasteiger charge is 2.42. The predicted octanol–water partition coefficient (Wildman–Crippen LogP) is 4.64. The van der Waals surface area contributed by atoms with Crippen molar-refractivity contribution in [2.75, 3.05) is 11.4 Å². The molecule has 3 rings (SSSR count). The lowest BCUT2D eigenvalue weighted by Gasteiger charge is -2.45. The maximum absolute atomic E-state index is 13.4. The number of nitrogens with one attached hydrogen (secondary N) is 1. The van der Waals surface area contributed by atoms with Gasteiger partial charge in [-0.15, -0.1) is 0 Å². The van der Waals surface area contributed by atoms with Crippen molar-refractivity contribution < 1.29 is 26.3 Å². The van der Waals surface area contributed by atoms with E-state index in [2.05, 4.69) is 4.98 Å². The molecule has 1 aliphatic rings. The number of benzene rings is 1. The molecule has 1 aromatic carbocycles. The number of fused-ring (bicyclic) bond motifs is 3. The van der Waals surface area contributed by atoms with Crippen molar-refractivity contribution in [3.05, 3.63) is 39.7 Å². The fourth-order valence-corrected chi connectivity index (χ4v) is 3.52. The topological polar surface area (TPSA) is 36.1 Å². The molecule has 0 amide bonds. The van der Waals surface area contributed by atoms with Gasteiger partial charge in [-0.25, -0.2) is 0 Å². The Labute approximate surface area is 144 Å². The minimum absolute atomic E-state index is 0.0322. The molecule has 1 N–H and O–H groups in total. The van der Waals surface area contributed by atoms with Gasteiger partial charge in [-0.1, -0.05) is 0 Å². The van der Waals surface area contributed by atoms with E-state index < -0.39 is 35.6 Å². The first-order chi connectivity index (χ1) is 11.8. The quantitative estimate of drug-likeness (QED) is 0.734. The van der Waals surface area contributed by atoms with E-state index in [-0.39, 0.29) is 35.0 Å². The minimum atomic E-state index is -4.79. The zero-order valence-electron chi connectivity index (χ0n) is 14.0. The molecule has 0 atom stereocenters. The average Bonchev–Trinajstić information content (AvgIpc) is 2.46. The van der Waals surface area contributed by atoms with Crippen LogP contribution < -0.4 is 10.5 Å². The lowest BCUT2D eigenvalue weighted by molar-refractivity contribution is -0.136. The normalized spacial score (nSPS) is 17.5. The monoisotopic (exact) mass is 378 g/mol. The summed E-state index contributed by atoms with van der Waals surface area (Å²) in [5.41, 5.74) is -2.64. The van der Waals surface area contributed by atoms with Gasteiger partial charge in [0, 0.05) is 28.2 Å². The van der Waals surface area contributed by atoms with E-state index in [0.717, 1.165) is 4.90 Å². The Hall–Kier alpha value is -2.19. The van der Waals surface area contributed by atoms with E-state index in [1.807, 2.05) is 0 Å². The van der Waals surface area contributed by atoms with E-state index in [9.17, 15) is 31.1 Å². The number of hydrogen-bond acceptors (Lipinski definition) is 2. The van der Waals surface area contributed by atoms with Crippen LogP contribution in [0.4, 0.5) is 32.0 Å². The van der Waals surface area contributed by atoms with E-state index in [4.69, 9.17) is 0 Å². The number of anilines is 1.